The summed E-state index contributed by atoms with van der Waals surface area (Å²) in [7, 11) is 1.52. The number of hydrogen-bond acceptors (Lipinski definition) is 6. The maximum Gasteiger partial charge on any atom is 0.325 e. The first kappa shape index (κ1) is 21.8. The van der Waals surface area contributed by atoms with Crippen LogP contribution in [0, 0.1) is 0 Å². The lowest BCUT2D eigenvalue weighted by atomic mass is 10.2. The van der Waals surface area contributed by atoms with Gasteiger partial charge in [-0.3, -0.25) is 19.2 Å². The first-order chi connectivity index (χ1) is 14.9. The number of ether oxygens (including phenoxy) is 2. The van der Waals surface area contributed by atoms with Gasteiger partial charge in [-0.05, 0) is 55.3 Å². The second kappa shape index (κ2) is 10.2. The highest BCUT2D eigenvalue weighted by Gasteiger charge is 2.23. The molecule has 0 atom stereocenters. The van der Waals surface area contributed by atoms with Crippen LogP contribution in [0.25, 0.3) is 0 Å². The molecule has 0 unspecified atom stereocenters. The van der Waals surface area contributed by atoms with Crippen LogP contribution in [-0.4, -0.2) is 50.0 Å². The number of benzene rings is 2. The Bertz CT molecular complexity index is 969. The van der Waals surface area contributed by atoms with Gasteiger partial charge in [0.2, 0.25) is 0 Å². The molecular formula is C22H23N3O6. The summed E-state index contributed by atoms with van der Waals surface area (Å²) in [5.74, 6) is -1.36. The van der Waals surface area contributed by atoms with Crippen molar-refractivity contribution >= 4 is 29.4 Å². The number of amides is 3. The zero-order valence-electron chi connectivity index (χ0n) is 17.0. The maximum absolute atomic E-state index is 12.1. The largest absolute Gasteiger partial charge is 0.497 e. The van der Waals surface area contributed by atoms with E-state index in [1.165, 1.54) is 7.11 Å². The molecule has 9 nitrogen and oxygen atoms in total. The third kappa shape index (κ3) is 6.84. The average Bonchev–Trinajstić information content (AvgIpc) is 3.60. The number of anilines is 1. The number of methoxy groups -OCH3 is 1. The van der Waals surface area contributed by atoms with E-state index in [0.29, 0.717) is 22.6 Å². The monoisotopic (exact) mass is 425 g/mol. The van der Waals surface area contributed by atoms with Crippen LogP contribution in [0.4, 0.5) is 5.69 Å². The Kier molecular flexibility index (Phi) is 7.21. The van der Waals surface area contributed by atoms with E-state index in [4.69, 9.17) is 9.47 Å². The van der Waals surface area contributed by atoms with Crippen LogP contribution in [-0.2, 0) is 14.3 Å². The minimum atomic E-state index is -0.755. The summed E-state index contributed by atoms with van der Waals surface area (Å²) in [6, 6.07) is 13.1. The summed E-state index contributed by atoms with van der Waals surface area (Å²) in [4.78, 5) is 47.9. The van der Waals surface area contributed by atoms with Crippen LogP contribution in [0.3, 0.4) is 0 Å². The van der Waals surface area contributed by atoms with Gasteiger partial charge in [0.05, 0.1) is 7.11 Å². The lowest BCUT2D eigenvalue weighted by Gasteiger charge is -2.09. The van der Waals surface area contributed by atoms with E-state index in [-0.39, 0.29) is 18.5 Å². The summed E-state index contributed by atoms with van der Waals surface area (Å²) in [6.07, 6.45) is 1.96. The molecule has 0 bridgehead atoms. The molecule has 0 spiro atoms. The molecule has 2 aromatic carbocycles. The summed E-state index contributed by atoms with van der Waals surface area (Å²) in [5.41, 5.74) is 1.21. The predicted octanol–water partition coefficient (Wildman–Crippen LogP) is 1.50. The van der Waals surface area contributed by atoms with Crippen molar-refractivity contribution in [2.45, 2.75) is 18.9 Å². The van der Waals surface area contributed by atoms with Crippen LogP contribution < -0.4 is 20.7 Å². The highest BCUT2D eigenvalue weighted by Crippen LogP contribution is 2.20. The van der Waals surface area contributed by atoms with Gasteiger partial charge in [0, 0.05) is 22.9 Å². The Morgan fingerprint density at radius 3 is 2.39 bits per heavy atom. The SMILES string of the molecule is COc1ccc(C(=O)NCC(=O)OCC(=O)Nc2cccc(C(=O)NC3CC3)c2)cc1. The van der Waals surface area contributed by atoms with E-state index in [1.807, 2.05) is 0 Å². The zero-order valence-corrected chi connectivity index (χ0v) is 17.0. The highest BCUT2D eigenvalue weighted by atomic mass is 16.5. The van der Waals surface area contributed by atoms with Gasteiger partial charge < -0.3 is 25.4 Å². The molecule has 9 heteroatoms. The second-order valence-corrected chi connectivity index (χ2v) is 6.95. The van der Waals surface area contributed by atoms with E-state index in [0.717, 1.165) is 12.8 Å². The smallest absolute Gasteiger partial charge is 0.325 e. The predicted molar refractivity (Wildman–Crippen MR) is 112 cm³/mol. The molecule has 0 aliphatic heterocycles. The molecule has 0 saturated heterocycles. The Morgan fingerprint density at radius 2 is 1.71 bits per heavy atom. The normalized spacial score (nSPS) is 12.4. The third-order valence-electron chi connectivity index (χ3n) is 4.43. The zero-order chi connectivity index (χ0) is 22.2. The topological polar surface area (TPSA) is 123 Å². The van der Waals surface area contributed by atoms with Gasteiger partial charge in [-0.15, -0.1) is 0 Å². The molecule has 0 heterocycles. The van der Waals surface area contributed by atoms with E-state index in [1.54, 1.807) is 48.5 Å². The van der Waals surface area contributed by atoms with Crippen molar-refractivity contribution in [2.24, 2.45) is 0 Å². The summed E-state index contributed by atoms with van der Waals surface area (Å²) >= 11 is 0. The molecule has 1 aliphatic rings. The van der Waals surface area contributed by atoms with E-state index in [9.17, 15) is 19.2 Å². The molecular weight excluding hydrogens is 402 g/mol. The first-order valence-corrected chi connectivity index (χ1v) is 9.73. The molecule has 2 aromatic rings. The average molecular weight is 425 g/mol. The quantitative estimate of drug-likeness (QED) is 0.523. The Hall–Kier alpha value is -3.88. The Balaban J connectivity index is 1.40. The van der Waals surface area contributed by atoms with Crippen molar-refractivity contribution in [2.75, 3.05) is 25.6 Å². The minimum Gasteiger partial charge on any atom is -0.497 e. The summed E-state index contributed by atoms with van der Waals surface area (Å²) in [6.45, 7) is -0.898. The van der Waals surface area contributed by atoms with Gasteiger partial charge in [0.15, 0.2) is 6.61 Å². The van der Waals surface area contributed by atoms with Gasteiger partial charge in [-0.2, -0.15) is 0 Å². The van der Waals surface area contributed by atoms with E-state index < -0.39 is 24.4 Å². The standard InChI is InChI=1S/C22H23N3O6/c1-30-18-9-5-14(6-10-18)21(28)23-12-20(27)31-13-19(26)24-17-4-2-3-15(11-17)22(29)25-16-7-8-16/h2-6,9-11,16H,7-8,12-13H2,1H3,(H,23,28)(H,24,26)(H,25,29). The third-order valence-corrected chi connectivity index (χ3v) is 4.43. The van der Waals surface area contributed by atoms with Crippen molar-refractivity contribution in [1.29, 1.82) is 0 Å². The number of hydrogen-bond donors (Lipinski definition) is 3. The van der Waals surface area contributed by atoms with Crippen molar-refractivity contribution in [3.8, 4) is 5.75 Å². The highest BCUT2D eigenvalue weighted by molar-refractivity contribution is 5.98. The van der Waals surface area contributed by atoms with Gasteiger partial charge >= 0.3 is 5.97 Å². The lowest BCUT2D eigenvalue weighted by molar-refractivity contribution is -0.146. The fourth-order valence-electron chi connectivity index (χ4n) is 2.63. The van der Waals surface area contributed by atoms with Crippen molar-refractivity contribution in [3.63, 3.8) is 0 Å². The molecule has 1 fully saturated rings. The lowest BCUT2D eigenvalue weighted by Crippen LogP contribution is -2.32. The fraction of sp³-hybridized carbons (Fsp3) is 0.273. The number of carbonyl (C=O) groups excluding carboxylic acids is 4. The second-order valence-electron chi connectivity index (χ2n) is 6.95. The van der Waals surface area contributed by atoms with Gasteiger partial charge in [-0.1, -0.05) is 6.07 Å². The Morgan fingerprint density at radius 1 is 0.968 bits per heavy atom. The number of rotatable bonds is 9. The van der Waals surface area contributed by atoms with Crippen LogP contribution >= 0.6 is 0 Å². The molecule has 1 aliphatic carbocycles. The number of nitrogens with one attached hydrogen (secondary N) is 3. The van der Waals surface area contributed by atoms with Crippen LogP contribution in [0.2, 0.25) is 0 Å². The van der Waals surface area contributed by atoms with Crippen LogP contribution in [0.15, 0.2) is 48.5 Å². The maximum atomic E-state index is 12.1. The Labute approximate surface area is 179 Å². The van der Waals surface area contributed by atoms with Crippen molar-refractivity contribution < 1.29 is 28.7 Å². The molecule has 3 rings (SSSR count). The number of esters is 1. The van der Waals surface area contributed by atoms with Crippen molar-refractivity contribution in [3.05, 3.63) is 59.7 Å². The summed E-state index contributed by atoms with van der Waals surface area (Å²) in [5, 5.41) is 7.86. The van der Waals surface area contributed by atoms with Crippen LogP contribution in [0.5, 0.6) is 5.75 Å². The molecule has 3 amide bonds. The molecule has 1 saturated carbocycles. The van der Waals surface area contributed by atoms with Gasteiger partial charge in [-0.25, -0.2) is 0 Å². The van der Waals surface area contributed by atoms with Crippen molar-refractivity contribution in [1.82, 2.24) is 10.6 Å². The van der Waals surface area contributed by atoms with E-state index in [2.05, 4.69) is 16.0 Å². The van der Waals surface area contributed by atoms with Crippen LogP contribution in [0.1, 0.15) is 33.6 Å². The molecule has 162 valence electrons. The van der Waals surface area contributed by atoms with Gasteiger partial charge in [0.25, 0.3) is 17.7 Å². The fourth-order valence-corrected chi connectivity index (χ4v) is 2.63. The number of carbonyl (C=O) groups is 4. The molecule has 31 heavy (non-hydrogen) atoms. The molecule has 0 aromatic heterocycles. The summed E-state index contributed by atoms with van der Waals surface area (Å²) < 4.78 is 9.89. The molecule has 3 N–H and O–H groups in total. The first-order valence-electron chi connectivity index (χ1n) is 9.73. The van der Waals surface area contributed by atoms with E-state index >= 15 is 0 Å². The molecule has 0 radical (unpaired) electrons. The van der Waals surface area contributed by atoms with Gasteiger partial charge in [0.1, 0.15) is 12.3 Å². The minimum absolute atomic E-state index is 0.197.